The van der Waals surface area contributed by atoms with Crippen LogP contribution in [0, 0.1) is 0 Å². The number of hydrogen-bond donors (Lipinski definition) is 2. The van der Waals surface area contributed by atoms with Crippen LogP contribution in [0.15, 0.2) is 77.4 Å². The third kappa shape index (κ3) is 5.16. The topological polar surface area (TPSA) is 54.0 Å². The number of carbonyl (C=O) groups excluding carboxylic acids is 1. The van der Waals surface area contributed by atoms with Gasteiger partial charge in [0.2, 0.25) is 5.91 Å². The number of amides is 1. The molecule has 0 saturated carbocycles. The first-order valence-electron chi connectivity index (χ1n) is 7.98. The SMILES string of the molecule is O=C(Cc1ccccc1Br)Nc1ccc(NCc2ccccc2)nc1. The van der Waals surface area contributed by atoms with Gasteiger partial charge in [0.05, 0.1) is 18.3 Å². The fraction of sp³-hybridized carbons (Fsp3) is 0.100. The molecular formula is C20H18BrN3O. The van der Waals surface area contributed by atoms with E-state index in [0.29, 0.717) is 18.7 Å². The van der Waals surface area contributed by atoms with Crippen molar-refractivity contribution in [1.29, 1.82) is 0 Å². The lowest BCUT2D eigenvalue weighted by atomic mass is 10.1. The van der Waals surface area contributed by atoms with E-state index in [4.69, 9.17) is 0 Å². The Hall–Kier alpha value is -2.66. The molecule has 4 nitrogen and oxygen atoms in total. The van der Waals surface area contributed by atoms with E-state index in [9.17, 15) is 4.79 Å². The average molecular weight is 396 g/mol. The Bertz CT molecular complexity index is 835. The summed E-state index contributed by atoms with van der Waals surface area (Å²) in [6, 6.07) is 21.5. The Kier molecular flexibility index (Phi) is 5.80. The number of aromatic nitrogens is 1. The summed E-state index contributed by atoms with van der Waals surface area (Å²) in [5, 5.41) is 6.13. The quantitative estimate of drug-likeness (QED) is 0.639. The summed E-state index contributed by atoms with van der Waals surface area (Å²) in [7, 11) is 0. The number of hydrogen-bond acceptors (Lipinski definition) is 3. The molecule has 0 aliphatic carbocycles. The lowest BCUT2D eigenvalue weighted by Crippen LogP contribution is -2.15. The smallest absolute Gasteiger partial charge is 0.228 e. The number of anilines is 2. The van der Waals surface area contributed by atoms with Gasteiger partial charge in [0, 0.05) is 11.0 Å². The number of nitrogens with zero attached hydrogens (tertiary/aromatic N) is 1. The molecule has 126 valence electrons. The lowest BCUT2D eigenvalue weighted by Gasteiger charge is -2.08. The van der Waals surface area contributed by atoms with Crippen molar-refractivity contribution in [2.24, 2.45) is 0 Å². The number of benzene rings is 2. The summed E-state index contributed by atoms with van der Waals surface area (Å²) in [6.45, 7) is 0.710. The molecule has 2 aromatic carbocycles. The Balaban J connectivity index is 1.53. The van der Waals surface area contributed by atoms with E-state index in [-0.39, 0.29) is 5.91 Å². The van der Waals surface area contributed by atoms with Crippen LogP contribution in [-0.4, -0.2) is 10.9 Å². The first kappa shape index (κ1) is 17.2. The first-order valence-corrected chi connectivity index (χ1v) is 8.77. The minimum atomic E-state index is -0.0707. The molecule has 3 rings (SSSR count). The van der Waals surface area contributed by atoms with Crippen molar-refractivity contribution in [1.82, 2.24) is 4.98 Å². The average Bonchev–Trinajstić information content (AvgIpc) is 2.64. The van der Waals surface area contributed by atoms with Crippen LogP contribution >= 0.6 is 15.9 Å². The number of carbonyl (C=O) groups is 1. The van der Waals surface area contributed by atoms with Crippen molar-refractivity contribution >= 4 is 33.3 Å². The molecular weight excluding hydrogens is 378 g/mol. The second kappa shape index (κ2) is 8.44. The normalized spacial score (nSPS) is 10.3. The predicted molar refractivity (Wildman–Crippen MR) is 104 cm³/mol. The highest BCUT2D eigenvalue weighted by molar-refractivity contribution is 9.10. The van der Waals surface area contributed by atoms with E-state index in [2.05, 4.69) is 43.7 Å². The Morgan fingerprint density at radius 1 is 0.960 bits per heavy atom. The van der Waals surface area contributed by atoms with Gasteiger partial charge in [-0.3, -0.25) is 4.79 Å². The van der Waals surface area contributed by atoms with Crippen LogP contribution in [0.1, 0.15) is 11.1 Å². The van der Waals surface area contributed by atoms with Crippen LogP contribution in [0.3, 0.4) is 0 Å². The van der Waals surface area contributed by atoms with Gasteiger partial charge in [-0.15, -0.1) is 0 Å². The molecule has 2 N–H and O–H groups in total. The number of nitrogens with one attached hydrogen (secondary N) is 2. The predicted octanol–water partition coefficient (Wildman–Crippen LogP) is 4.64. The van der Waals surface area contributed by atoms with Crippen LogP contribution in [0.4, 0.5) is 11.5 Å². The highest BCUT2D eigenvalue weighted by Gasteiger charge is 2.07. The highest BCUT2D eigenvalue weighted by atomic mass is 79.9. The van der Waals surface area contributed by atoms with Crippen molar-refractivity contribution in [3.05, 3.63) is 88.5 Å². The van der Waals surface area contributed by atoms with Gasteiger partial charge in [0.25, 0.3) is 0 Å². The van der Waals surface area contributed by atoms with E-state index in [1.54, 1.807) is 6.20 Å². The maximum atomic E-state index is 12.2. The summed E-state index contributed by atoms with van der Waals surface area (Å²) in [5.41, 5.74) is 2.83. The first-order chi connectivity index (χ1) is 12.2. The van der Waals surface area contributed by atoms with Gasteiger partial charge in [-0.1, -0.05) is 64.5 Å². The van der Waals surface area contributed by atoms with Gasteiger partial charge in [0.15, 0.2) is 0 Å². The lowest BCUT2D eigenvalue weighted by molar-refractivity contribution is -0.115. The fourth-order valence-corrected chi connectivity index (χ4v) is 2.81. The minimum Gasteiger partial charge on any atom is -0.366 e. The summed E-state index contributed by atoms with van der Waals surface area (Å²) in [6.07, 6.45) is 1.97. The van der Waals surface area contributed by atoms with Crippen LogP contribution in [0.5, 0.6) is 0 Å². The molecule has 0 radical (unpaired) electrons. The monoisotopic (exact) mass is 395 g/mol. The van der Waals surface area contributed by atoms with Crippen molar-refractivity contribution in [2.45, 2.75) is 13.0 Å². The summed E-state index contributed by atoms with van der Waals surface area (Å²) in [4.78, 5) is 16.5. The zero-order valence-electron chi connectivity index (χ0n) is 13.6. The molecule has 25 heavy (non-hydrogen) atoms. The van der Waals surface area contributed by atoms with E-state index < -0.39 is 0 Å². The van der Waals surface area contributed by atoms with Gasteiger partial charge >= 0.3 is 0 Å². The second-order valence-corrected chi connectivity index (χ2v) is 6.44. The Labute approximate surface area is 155 Å². The number of pyridine rings is 1. The Morgan fingerprint density at radius 2 is 1.72 bits per heavy atom. The molecule has 0 bridgehead atoms. The Morgan fingerprint density at radius 3 is 2.44 bits per heavy atom. The van der Waals surface area contributed by atoms with Gasteiger partial charge in [0.1, 0.15) is 5.82 Å². The molecule has 1 aromatic heterocycles. The van der Waals surface area contributed by atoms with E-state index in [0.717, 1.165) is 15.9 Å². The summed E-state index contributed by atoms with van der Waals surface area (Å²) >= 11 is 3.46. The highest BCUT2D eigenvalue weighted by Crippen LogP contribution is 2.17. The standard InChI is InChI=1S/C20H18BrN3O/c21-18-9-5-4-8-16(18)12-20(25)24-17-10-11-19(23-14-17)22-13-15-6-2-1-3-7-15/h1-11,14H,12-13H2,(H,22,23)(H,24,25). The molecule has 1 heterocycles. The van der Waals surface area contributed by atoms with Gasteiger partial charge in [-0.25, -0.2) is 4.98 Å². The van der Waals surface area contributed by atoms with Crippen molar-refractivity contribution in [2.75, 3.05) is 10.6 Å². The third-order valence-corrected chi connectivity index (χ3v) is 4.45. The molecule has 1 amide bonds. The molecule has 0 aliphatic rings. The van der Waals surface area contributed by atoms with Crippen molar-refractivity contribution in [3.8, 4) is 0 Å². The van der Waals surface area contributed by atoms with Gasteiger partial charge in [-0.05, 0) is 29.3 Å². The van der Waals surface area contributed by atoms with Crippen LogP contribution in [0.25, 0.3) is 0 Å². The van der Waals surface area contributed by atoms with Crippen LogP contribution in [0.2, 0.25) is 0 Å². The fourth-order valence-electron chi connectivity index (χ4n) is 2.38. The molecule has 0 atom stereocenters. The van der Waals surface area contributed by atoms with Crippen molar-refractivity contribution < 1.29 is 4.79 Å². The van der Waals surface area contributed by atoms with E-state index in [1.165, 1.54) is 5.56 Å². The van der Waals surface area contributed by atoms with Crippen molar-refractivity contribution in [3.63, 3.8) is 0 Å². The third-order valence-electron chi connectivity index (χ3n) is 3.67. The second-order valence-electron chi connectivity index (χ2n) is 5.59. The van der Waals surface area contributed by atoms with E-state index in [1.807, 2.05) is 54.6 Å². The number of halogens is 1. The van der Waals surface area contributed by atoms with Gasteiger partial charge < -0.3 is 10.6 Å². The zero-order valence-corrected chi connectivity index (χ0v) is 15.2. The summed E-state index contributed by atoms with van der Waals surface area (Å²) in [5.74, 6) is 0.700. The maximum absolute atomic E-state index is 12.2. The zero-order chi connectivity index (χ0) is 17.5. The summed E-state index contributed by atoms with van der Waals surface area (Å²) < 4.78 is 0.934. The van der Waals surface area contributed by atoms with Crippen LogP contribution in [-0.2, 0) is 17.8 Å². The number of rotatable bonds is 6. The molecule has 3 aromatic rings. The van der Waals surface area contributed by atoms with Crippen LogP contribution < -0.4 is 10.6 Å². The van der Waals surface area contributed by atoms with Gasteiger partial charge in [-0.2, -0.15) is 0 Å². The molecule has 5 heteroatoms. The molecule has 0 spiro atoms. The molecule has 0 aliphatic heterocycles. The molecule has 0 saturated heterocycles. The molecule has 0 unspecified atom stereocenters. The largest absolute Gasteiger partial charge is 0.366 e. The maximum Gasteiger partial charge on any atom is 0.228 e. The van der Waals surface area contributed by atoms with E-state index >= 15 is 0 Å². The minimum absolute atomic E-state index is 0.0707. The molecule has 0 fully saturated rings.